The molecular formula is C23H18F3N3O. The Bertz CT molecular complexity index is 1210. The van der Waals surface area contributed by atoms with Crippen molar-refractivity contribution in [1.82, 2.24) is 15.3 Å². The zero-order valence-electron chi connectivity index (χ0n) is 16.0. The molecule has 0 saturated carbocycles. The minimum Gasteiger partial charge on any atom is -0.355 e. The third kappa shape index (κ3) is 3.91. The lowest BCUT2D eigenvalue weighted by Crippen LogP contribution is -2.27. The number of carbonyl (C=O) groups excluding carboxylic acids is 1. The van der Waals surface area contributed by atoms with Gasteiger partial charge >= 0.3 is 0 Å². The van der Waals surface area contributed by atoms with E-state index in [1.807, 2.05) is 19.1 Å². The standard InChI is InChI=1S/C23H18F3N3O/c1-13(28-23(30)20-4-2-3-9-27-20)14-5-8-19-15(10-14)11-21(29-19)18-12-16(24)6-7-17(18)22(25)26/h2-13,22,29H,1H3,(H,28,30). The van der Waals surface area contributed by atoms with Crippen molar-refractivity contribution >= 4 is 16.8 Å². The van der Waals surface area contributed by atoms with Crippen LogP contribution in [0.5, 0.6) is 0 Å². The number of nitrogens with zero attached hydrogens (tertiary/aromatic N) is 1. The summed E-state index contributed by atoms with van der Waals surface area (Å²) < 4.78 is 40.4. The Kier molecular flexibility index (Phi) is 5.27. The molecule has 0 radical (unpaired) electrons. The van der Waals surface area contributed by atoms with E-state index in [2.05, 4.69) is 15.3 Å². The van der Waals surface area contributed by atoms with Crippen LogP contribution in [0.25, 0.3) is 22.2 Å². The second-order valence-electron chi connectivity index (χ2n) is 6.97. The highest BCUT2D eigenvalue weighted by atomic mass is 19.3. The van der Waals surface area contributed by atoms with Gasteiger partial charge in [0, 0.05) is 33.9 Å². The Balaban J connectivity index is 1.63. The lowest BCUT2D eigenvalue weighted by molar-refractivity contribution is 0.0935. The molecule has 7 heteroatoms. The van der Waals surface area contributed by atoms with Crippen molar-refractivity contribution in [3.63, 3.8) is 0 Å². The Hall–Kier alpha value is -3.61. The van der Waals surface area contributed by atoms with E-state index in [9.17, 15) is 18.0 Å². The molecule has 0 aliphatic carbocycles. The number of halogens is 3. The van der Waals surface area contributed by atoms with Crippen molar-refractivity contribution < 1.29 is 18.0 Å². The number of amides is 1. The van der Waals surface area contributed by atoms with Gasteiger partial charge in [-0.1, -0.05) is 12.1 Å². The molecule has 4 rings (SSSR count). The van der Waals surface area contributed by atoms with Gasteiger partial charge in [0.25, 0.3) is 12.3 Å². The smallest absolute Gasteiger partial charge is 0.270 e. The van der Waals surface area contributed by atoms with E-state index >= 15 is 0 Å². The number of hydrogen-bond donors (Lipinski definition) is 2. The van der Waals surface area contributed by atoms with Crippen LogP contribution in [0, 0.1) is 5.82 Å². The minimum atomic E-state index is -2.72. The number of fused-ring (bicyclic) bond motifs is 1. The first-order valence-corrected chi connectivity index (χ1v) is 9.35. The molecule has 1 atom stereocenters. The van der Waals surface area contributed by atoms with Gasteiger partial charge in [-0.2, -0.15) is 0 Å². The van der Waals surface area contributed by atoms with Gasteiger partial charge in [-0.25, -0.2) is 13.2 Å². The van der Waals surface area contributed by atoms with Crippen molar-refractivity contribution in [2.75, 3.05) is 0 Å². The van der Waals surface area contributed by atoms with E-state index in [0.717, 1.165) is 34.7 Å². The zero-order valence-corrected chi connectivity index (χ0v) is 16.0. The molecule has 2 heterocycles. The van der Waals surface area contributed by atoms with Crippen LogP contribution in [0.1, 0.15) is 41.0 Å². The second kappa shape index (κ2) is 8.02. The van der Waals surface area contributed by atoms with Crippen LogP contribution in [-0.4, -0.2) is 15.9 Å². The van der Waals surface area contributed by atoms with Crippen LogP contribution in [-0.2, 0) is 0 Å². The number of nitrogens with one attached hydrogen (secondary N) is 2. The van der Waals surface area contributed by atoms with Crippen LogP contribution in [0.15, 0.2) is 66.9 Å². The van der Waals surface area contributed by atoms with Gasteiger partial charge in [-0.05, 0) is 61.0 Å². The largest absolute Gasteiger partial charge is 0.355 e. The molecule has 0 spiro atoms. The average Bonchev–Trinajstić information content (AvgIpc) is 3.17. The topological polar surface area (TPSA) is 57.8 Å². The third-order valence-electron chi connectivity index (χ3n) is 4.93. The number of pyridine rings is 1. The molecule has 1 unspecified atom stereocenters. The molecule has 0 saturated heterocycles. The molecule has 4 nitrogen and oxygen atoms in total. The maximum absolute atomic E-state index is 13.7. The Labute approximate surface area is 170 Å². The number of rotatable bonds is 5. The first kappa shape index (κ1) is 19.7. The number of H-pyrrole nitrogens is 1. The summed E-state index contributed by atoms with van der Waals surface area (Å²) in [6.07, 6.45) is -1.17. The van der Waals surface area contributed by atoms with Crippen LogP contribution in [0.4, 0.5) is 13.2 Å². The van der Waals surface area contributed by atoms with Gasteiger partial charge in [0.1, 0.15) is 11.5 Å². The fourth-order valence-electron chi connectivity index (χ4n) is 3.37. The minimum absolute atomic E-state index is 0.124. The maximum Gasteiger partial charge on any atom is 0.270 e. The molecule has 152 valence electrons. The van der Waals surface area contributed by atoms with Crippen molar-refractivity contribution in [1.29, 1.82) is 0 Å². The fraction of sp³-hybridized carbons (Fsp3) is 0.130. The van der Waals surface area contributed by atoms with Gasteiger partial charge in [0.05, 0.1) is 6.04 Å². The summed E-state index contributed by atoms with van der Waals surface area (Å²) in [5, 5.41) is 3.66. The summed E-state index contributed by atoms with van der Waals surface area (Å²) in [6, 6.07) is 15.2. The molecular weight excluding hydrogens is 391 g/mol. The predicted octanol–water partition coefficient (Wildman–Crippen LogP) is 5.80. The molecule has 2 aromatic carbocycles. The van der Waals surface area contributed by atoms with Crippen molar-refractivity contribution in [2.45, 2.75) is 19.4 Å². The van der Waals surface area contributed by atoms with E-state index < -0.39 is 12.2 Å². The molecule has 1 amide bonds. The summed E-state index contributed by atoms with van der Waals surface area (Å²) in [5.41, 5.74) is 2.17. The molecule has 4 aromatic rings. The Morgan fingerprint density at radius 3 is 2.63 bits per heavy atom. The highest BCUT2D eigenvalue weighted by Gasteiger charge is 2.18. The normalized spacial score (nSPS) is 12.3. The zero-order chi connectivity index (χ0) is 21.3. The number of benzene rings is 2. The highest BCUT2D eigenvalue weighted by molar-refractivity contribution is 5.92. The highest BCUT2D eigenvalue weighted by Crippen LogP contribution is 2.33. The van der Waals surface area contributed by atoms with Gasteiger partial charge in [-0.15, -0.1) is 0 Å². The number of alkyl halides is 2. The molecule has 30 heavy (non-hydrogen) atoms. The third-order valence-corrected chi connectivity index (χ3v) is 4.93. The van der Waals surface area contributed by atoms with Crippen LogP contribution in [0.2, 0.25) is 0 Å². The molecule has 0 fully saturated rings. The van der Waals surface area contributed by atoms with Crippen LogP contribution in [0.3, 0.4) is 0 Å². The first-order valence-electron chi connectivity index (χ1n) is 9.35. The van der Waals surface area contributed by atoms with Crippen molar-refractivity contribution in [3.05, 3.63) is 89.5 Å². The molecule has 0 bridgehead atoms. The predicted molar refractivity (Wildman–Crippen MR) is 109 cm³/mol. The average molecular weight is 409 g/mol. The molecule has 0 aliphatic heterocycles. The summed E-state index contributed by atoms with van der Waals surface area (Å²) in [7, 11) is 0. The lowest BCUT2D eigenvalue weighted by Gasteiger charge is -2.14. The number of aromatic amines is 1. The van der Waals surface area contributed by atoms with Crippen LogP contribution < -0.4 is 5.32 Å². The SMILES string of the molecule is CC(NC(=O)c1ccccn1)c1ccc2[nH]c(-c3cc(F)ccc3C(F)F)cc2c1. The van der Waals surface area contributed by atoms with Gasteiger partial charge in [0.2, 0.25) is 0 Å². The van der Waals surface area contributed by atoms with Crippen molar-refractivity contribution in [2.24, 2.45) is 0 Å². The number of hydrogen-bond acceptors (Lipinski definition) is 2. The summed E-state index contributed by atoms with van der Waals surface area (Å²) in [4.78, 5) is 19.4. The quantitative estimate of drug-likeness (QED) is 0.438. The first-order chi connectivity index (χ1) is 14.4. The lowest BCUT2D eigenvalue weighted by atomic mass is 10.0. The fourth-order valence-corrected chi connectivity index (χ4v) is 3.37. The second-order valence-corrected chi connectivity index (χ2v) is 6.97. The monoisotopic (exact) mass is 409 g/mol. The van der Waals surface area contributed by atoms with E-state index in [1.54, 1.807) is 36.5 Å². The van der Waals surface area contributed by atoms with Gasteiger partial charge in [-0.3, -0.25) is 9.78 Å². The summed E-state index contributed by atoms with van der Waals surface area (Å²) in [5.74, 6) is -0.876. The van der Waals surface area contributed by atoms with E-state index in [4.69, 9.17) is 0 Å². The molecule has 2 N–H and O–H groups in total. The number of aromatic nitrogens is 2. The van der Waals surface area contributed by atoms with E-state index in [-0.39, 0.29) is 23.1 Å². The van der Waals surface area contributed by atoms with E-state index in [1.165, 1.54) is 0 Å². The molecule has 2 aromatic heterocycles. The van der Waals surface area contributed by atoms with Crippen molar-refractivity contribution in [3.8, 4) is 11.3 Å². The van der Waals surface area contributed by atoms with Gasteiger partial charge in [0.15, 0.2) is 0 Å². The summed E-state index contributed by atoms with van der Waals surface area (Å²) >= 11 is 0. The number of carbonyl (C=O) groups is 1. The van der Waals surface area contributed by atoms with Gasteiger partial charge < -0.3 is 10.3 Å². The van der Waals surface area contributed by atoms with Crippen LogP contribution >= 0.6 is 0 Å². The summed E-state index contributed by atoms with van der Waals surface area (Å²) in [6.45, 7) is 1.84. The Morgan fingerprint density at radius 1 is 1.07 bits per heavy atom. The maximum atomic E-state index is 13.7. The Morgan fingerprint density at radius 2 is 1.90 bits per heavy atom. The molecule has 0 aliphatic rings. The van der Waals surface area contributed by atoms with E-state index in [0.29, 0.717) is 11.4 Å².